The van der Waals surface area contributed by atoms with Gasteiger partial charge in [0.2, 0.25) is 0 Å². The van der Waals surface area contributed by atoms with Gasteiger partial charge in [-0.15, -0.1) is 4.57 Å². The fourth-order valence-corrected chi connectivity index (χ4v) is 3.95. The summed E-state index contributed by atoms with van der Waals surface area (Å²) in [7, 11) is 0. The van der Waals surface area contributed by atoms with Gasteiger partial charge in [0.25, 0.3) is 0 Å². The lowest BCUT2D eigenvalue weighted by atomic mass is 10.0. The van der Waals surface area contributed by atoms with Crippen LogP contribution in [0.15, 0.2) is 24.3 Å². The number of hydrogen-bond acceptors (Lipinski definition) is 3. The van der Waals surface area contributed by atoms with Crippen molar-refractivity contribution in [3.63, 3.8) is 0 Å². The highest BCUT2D eigenvalue weighted by Gasteiger charge is 2.48. The van der Waals surface area contributed by atoms with Gasteiger partial charge in [-0.1, -0.05) is 32.9 Å². The van der Waals surface area contributed by atoms with Gasteiger partial charge in [0.15, 0.2) is 11.4 Å². The SMILES string of the molecule is CCC1C(=O)N(CC(C)C)c2sc3ccccc3[n+]2C1=O. The lowest BCUT2D eigenvalue weighted by Crippen LogP contribution is -2.60. The molecule has 4 nitrogen and oxygen atoms in total. The van der Waals surface area contributed by atoms with E-state index in [2.05, 4.69) is 13.8 Å². The molecule has 1 aliphatic heterocycles. The molecule has 1 aromatic carbocycles. The van der Waals surface area contributed by atoms with Crippen molar-refractivity contribution in [2.75, 3.05) is 11.4 Å². The van der Waals surface area contributed by atoms with Gasteiger partial charge in [0.05, 0.1) is 11.2 Å². The largest absolute Gasteiger partial charge is 0.352 e. The Morgan fingerprint density at radius 2 is 2.00 bits per heavy atom. The first-order chi connectivity index (χ1) is 10.0. The summed E-state index contributed by atoms with van der Waals surface area (Å²) in [4.78, 5) is 27.1. The Kier molecular flexibility index (Phi) is 3.53. The van der Waals surface area contributed by atoms with Gasteiger partial charge in [-0.2, -0.15) is 4.90 Å². The Morgan fingerprint density at radius 3 is 2.67 bits per heavy atom. The van der Waals surface area contributed by atoms with E-state index in [4.69, 9.17) is 0 Å². The van der Waals surface area contributed by atoms with E-state index in [0.717, 1.165) is 15.3 Å². The van der Waals surface area contributed by atoms with Crippen LogP contribution in [-0.4, -0.2) is 18.4 Å². The van der Waals surface area contributed by atoms with Crippen molar-refractivity contribution in [3.05, 3.63) is 24.3 Å². The van der Waals surface area contributed by atoms with Crippen LogP contribution in [-0.2, 0) is 4.79 Å². The van der Waals surface area contributed by atoms with Crippen molar-refractivity contribution in [3.8, 4) is 0 Å². The maximum absolute atomic E-state index is 12.7. The minimum atomic E-state index is -0.556. The number of thiazole rings is 1. The van der Waals surface area contributed by atoms with Crippen LogP contribution in [0.3, 0.4) is 0 Å². The molecule has 0 saturated carbocycles. The molecule has 2 aromatic rings. The fraction of sp³-hybridized carbons (Fsp3) is 0.438. The summed E-state index contributed by atoms with van der Waals surface area (Å²) in [6.45, 7) is 6.72. The summed E-state index contributed by atoms with van der Waals surface area (Å²) in [5.41, 5.74) is 0.905. The third-order valence-corrected chi connectivity index (χ3v) is 4.92. The van der Waals surface area contributed by atoms with Gasteiger partial charge < -0.3 is 0 Å². The molecule has 0 radical (unpaired) electrons. The van der Waals surface area contributed by atoms with E-state index in [0.29, 0.717) is 18.9 Å². The fourth-order valence-electron chi connectivity index (χ4n) is 2.79. The monoisotopic (exact) mass is 303 g/mol. The first-order valence-corrected chi connectivity index (χ1v) is 8.15. The van der Waals surface area contributed by atoms with Crippen molar-refractivity contribution >= 4 is 38.5 Å². The van der Waals surface area contributed by atoms with Crippen molar-refractivity contribution in [1.29, 1.82) is 0 Å². The predicted molar refractivity (Wildman–Crippen MR) is 83.6 cm³/mol. The lowest BCUT2D eigenvalue weighted by Gasteiger charge is -2.24. The maximum atomic E-state index is 12.7. The van der Waals surface area contributed by atoms with Crippen molar-refractivity contribution in [2.45, 2.75) is 27.2 Å². The number of carbonyl (C=O) groups excluding carboxylic acids is 2. The number of carbonyl (C=O) groups is 2. The quantitative estimate of drug-likeness (QED) is 0.646. The molecule has 2 heterocycles. The standard InChI is InChI=1S/C16H19N2O2S/c1-4-11-14(19)17(9-10(2)3)16-18(15(11)20)12-7-5-6-8-13(12)21-16/h5-8,10-11H,4,9H2,1-3H3/q+1. The third kappa shape index (κ3) is 2.16. The number of rotatable bonds is 3. The van der Waals surface area contributed by atoms with E-state index in [9.17, 15) is 9.59 Å². The summed E-state index contributed by atoms with van der Waals surface area (Å²) >= 11 is 1.52. The Hall–Kier alpha value is -1.75. The number of aromatic nitrogens is 1. The number of para-hydroxylation sites is 1. The van der Waals surface area contributed by atoms with E-state index < -0.39 is 5.92 Å². The minimum absolute atomic E-state index is 0.0530. The molecule has 1 aromatic heterocycles. The molecule has 1 unspecified atom stereocenters. The Labute approximate surface area is 128 Å². The molecule has 0 spiro atoms. The molecular weight excluding hydrogens is 284 g/mol. The number of amides is 1. The van der Waals surface area contributed by atoms with Crippen molar-refractivity contribution in [2.24, 2.45) is 11.8 Å². The van der Waals surface area contributed by atoms with Crippen LogP contribution in [0.1, 0.15) is 32.0 Å². The molecule has 0 saturated heterocycles. The van der Waals surface area contributed by atoms with Crippen LogP contribution in [0, 0.1) is 11.8 Å². The molecule has 0 bridgehead atoms. The highest BCUT2D eigenvalue weighted by atomic mass is 32.1. The number of benzene rings is 1. The van der Waals surface area contributed by atoms with Gasteiger partial charge in [0.1, 0.15) is 0 Å². The first kappa shape index (κ1) is 14.2. The summed E-state index contributed by atoms with van der Waals surface area (Å²) in [5, 5.41) is 0.754. The third-order valence-electron chi connectivity index (χ3n) is 3.77. The molecule has 1 aliphatic rings. The molecule has 3 rings (SSSR count). The number of nitrogens with zero attached hydrogens (tertiary/aromatic N) is 2. The van der Waals surface area contributed by atoms with Gasteiger partial charge in [-0.3, -0.25) is 0 Å². The lowest BCUT2D eigenvalue weighted by molar-refractivity contribution is -0.533. The van der Waals surface area contributed by atoms with Crippen LogP contribution in [0.25, 0.3) is 10.2 Å². The second-order valence-corrected chi connectivity index (χ2v) is 6.84. The predicted octanol–water partition coefficient (Wildman–Crippen LogP) is 2.86. The topological polar surface area (TPSA) is 41.3 Å². The Morgan fingerprint density at radius 1 is 1.29 bits per heavy atom. The zero-order valence-electron chi connectivity index (χ0n) is 12.5. The molecule has 21 heavy (non-hydrogen) atoms. The second kappa shape index (κ2) is 5.22. The smallest absolute Gasteiger partial charge is 0.246 e. The molecule has 0 N–H and O–H groups in total. The first-order valence-electron chi connectivity index (χ1n) is 7.33. The number of anilines is 1. The number of fused-ring (bicyclic) bond motifs is 3. The average molecular weight is 303 g/mol. The highest BCUT2D eigenvalue weighted by Crippen LogP contribution is 2.32. The number of hydrogen-bond donors (Lipinski definition) is 0. The van der Waals surface area contributed by atoms with E-state index >= 15 is 0 Å². The van der Waals surface area contributed by atoms with Crippen molar-refractivity contribution in [1.82, 2.24) is 0 Å². The molecule has 0 fully saturated rings. The van der Waals surface area contributed by atoms with Crippen molar-refractivity contribution < 1.29 is 14.2 Å². The normalized spacial score (nSPS) is 18.7. The molecule has 110 valence electrons. The van der Waals surface area contributed by atoms with Crippen LogP contribution in [0.4, 0.5) is 5.13 Å². The zero-order valence-corrected chi connectivity index (χ0v) is 13.3. The molecular formula is C16H19N2O2S+. The molecule has 0 aliphatic carbocycles. The van der Waals surface area contributed by atoms with E-state index in [1.807, 2.05) is 31.2 Å². The zero-order chi connectivity index (χ0) is 15.1. The summed E-state index contributed by atoms with van der Waals surface area (Å²) in [6.07, 6.45) is 0.545. The Bertz CT molecular complexity index is 720. The van der Waals surface area contributed by atoms with Crippen LogP contribution in [0.2, 0.25) is 0 Å². The van der Waals surface area contributed by atoms with E-state index in [1.165, 1.54) is 11.3 Å². The average Bonchev–Trinajstić information content (AvgIpc) is 2.83. The molecule has 1 atom stereocenters. The maximum Gasteiger partial charge on any atom is 0.352 e. The molecule has 5 heteroatoms. The highest BCUT2D eigenvalue weighted by molar-refractivity contribution is 7.21. The van der Waals surface area contributed by atoms with Gasteiger partial charge in [-0.05, 0) is 35.8 Å². The van der Waals surface area contributed by atoms with Crippen LogP contribution in [0.5, 0.6) is 0 Å². The van der Waals surface area contributed by atoms with Gasteiger partial charge in [-0.25, -0.2) is 9.59 Å². The van der Waals surface area contributed by atoms with Crippen LogP contribution < -0.4 is 9.47 Å². The minimum Gasteiger partial charge on any atom is -0.246 e. The van der Waals surface area contributed by atoms with Gasteiger partial charge >= 0.3 is 16.9 Å². The second-order valence-electron chi connectivity index (χ2n) is 5.83. The Balaban J connectivity index is 2.23. The summed E-state index contributed by atoms with van der Waals surface area (Å²) in [6, 6.07) is 7.84. The van der Waals surface area contributed by atoms with E-state index in [-0.39, 0.29) is 11.8 Å². The summed E-state index contributed by atoms with van der Waals surface area (Å²) in [5.74, 6) is -0.338. The summed E-state index contributed by atoms with van der Waals surface area (Å²) < 4.78 is 2.77. The van der Waals surface area contributed by atoms with Crippen LogP contribution >= 0.6 is 11.3 Å². The molecule has 1 amide bonds. The van der Waals surface area contributed by atoms with E-state index in [1.54, 1.807) is 9.47 Å². The van der Waals surface area contributed by atoms with Gasteiger partial charge in [0, 0.05) is 0 Å².